The van der Waals surface area contributed by atoms with Crippen molar-refractivity contribution in [3.8, 4) is 0 Å². The lowest BCUT2D eigenvalue weighted by atomic mass is 10.1. The molecule has 0 radical (unpaired) electrons. The number of rotatable bonds is 4. The zero-order valence-electron chi connectivity index (χ0n) is 17.2. The fourth-order valence-electron chi connectivity index (χ4n) is 4.35. The van der Waals surface area contributed by atoms with Gasteiger partial charge < -0.3 is 9.88 Å². The standard InChI is InChI=1S/C23H23F2N5O/c1-28-21-10-16(13-29-8-6-26-7-9-29)20(25)11-17(21)18-12-27-30(23(31)22(18)28)14-15-4-2-3-5-19(15)24/h2-5,10-12,26H,6-9,13-14H2,1H3. The van der Waals surface area contributed by atoms with Crippen molar-refractivity contribution >= 4 is 21.8 Å². The number of hydrogen-bond donors (Lipinski definition) is 1. The van der Waals surface area contributed by atoms with E-state index >= 15 is 0 Å². The minimum Gasteiger partial charge on any atom is -0.339 e. The second-order valence-corrected chi connectivity index (χ2v) is 8.01. The predicted octanol–water partition coefficient (Wildman–Crippen LogP) is 2.62. The van der Waals surface area contributed by atoms with Gasteiger partial charge in [-0.1, -0.05) is 18.2 Å². The van der Waals surface area contributed by atoms with E-state index in [0.717, 1.165) is 31.7 Å². The summed E-state index contributed by atoms with van der Waals surface area (Å²) in [4.78, 5) is 15.4. The second-order valence-electron chi connectivity index (χ2n) is 8.01. The number of benzene rings is 2. The van der Waals surface area contributed by atoms with Crippen LogP contribution in [0.3, 0.4) is 0 Å². The fraction of sp³-hybridized carbons (Fsp3) is 0.304. The predicted molar refractivity (Wildman–Crippen MR) is 116 cm³/mol. The number of aryl methyl sites for hydroxylation is 1. The van der Waals surface area contributed by atoms with E-state index in [1.165, 1.54) is 16.8 Å². The van der Waals surface area contributed by atoms with Crippen molar-refractivity contribution in [3.63, 3.8) is 0 Å². The quantitative estimate of drug-likeness (QED) is 0.548. The lowest BCUT2D eigenvalue weighted by Gasteiger charge is -2.27. The minimum absolute atomic E-state index is 0.0333. The van der Waals surface area contributed by atoms with Crippen LogP contribution < -0.4 is 10.9 Å². The number of aromatic nitrogens is 3. The van der Waals surface area contributed by atoms with Crippen LogP contribution in [0, 0.1) is 11.6 Å². The average molecular weight is 423 g/mol. The number of hydrogen-bond acceptors (Lipinski definition) is 4. The number of halogens is 2. The van der Waals surface area contributed by atoms with Crippen molar-refractivity contribution in [2.45, 2.75) is 13.1 Å². The smallest absolute Gasteiger partial charge is 0.291 e. The van der Waals surface area contributed by atoms with Gasteiger partial charge in [0, 0.05) is 67.2 Å². The van der Waals surface area contributed by atoms with E-state index in [9.17, 15) is 13.6 Å². The van der Waals surface area contributed by atoms with Gasteiger partial charge >= 0.3 is 0 Å². The summed E-state index contributed by atoms with van der Waals surface area (Å²) in [6.45, 7) is 4.09. The molecule has 0 amide bonds. The van der Waals surface area contributed by atoms with Crippen molar-refractivity contribution in [1.82, 2.24) is 24.6 Å². The Labute approximate surface area is 177 Å². The third kappa shape index (κ3) is 3.51. The summed E-state index contributed by atoms with van der Waals surface area (Å²) in [5.74, 6) is -0.665. The molecule has 0 unspecified atom stereocenters. The maximum Gasteiger partial charge on any atom is 0.291 e. The molecular weight excluding hydrogens is 400 g/mol. The fourth-order valence-corrected chi connectivity index (χ4v) is 4.35. The second kappa shape index (κ2) is 7.86. The molecule has 0 spiro atoms. The van der Waals surface area contributed by atoms with Gasteiger partial charge in [-0.25, -0.2) is 13.5 Å². The van der Waals surface area contributed by atoms with Gasteiger partial charge in [0.05, 0.1) is 12.7 Å². The molecule has 0 aliphatic carbocycles. The summed E-state index contributed by atoms with van der Waals surface area (Å²) in [7, 11) is 1.80. The molecule has 1 aliphatic rings. The van der Waals surface area contributed by atoms with Crippen molar-refractivity contribution in [2.75, 3.05) is 26.2 Å². The number of fused-ring (bicyclic) bond motifs is 3. The topological polar surface area (TPSA) is 55.1 Å². The van der Waals surface area contributed by atoms with Gasteiger partial charge in [-0.2, -0.15) is 5.10 Å². The van der Waals surface area contributed by atoms with Gasteiger partial charge in [0.1, 0.15) is 17.2 Å². The Morgan fingerprint density at radius 2 is 1.77 bits per heavy atom. The van der Waals surface area contributed by atoms with Gasteiger partial charge in [-0.3, -0.25) is 9.69 Å². The molecule has 2 aromatic carbocycles. The van der Waals surface area contributed by atoms with Crippen molar-refractivity contribution in [1.29, 1.82) is 0 Å². The van der Waals surface area contributed by atoms with Crippen LogP contribution in [0.4, 0.5) is 8.78 Å². The highest BCUT2D eigenvalue weighted by Gasteiger charge is 2.19. The molecule has 31 heavy (non-hydrogen) atoms. The van der Waals surface area contributed by atoms with E-state index < -0.39 is 0 Å². The summed E-state index contributed by atoms with van der Waals surface area (Å²) in [6, 6.07) is 9.65. The summed E-state index contributed by atoms with van der Waals surface area (Å²) in [5.41, 5.74) is 1.88. The molecular formula is C23H23F2N5O. The van der Waals surface area contributed by atoms with E-state index in [4.69, 9.17) is 0 Å². The number of piperazine rings is 1. The monoisotopic (exact) mass is 423 g/mol. The highest BCUT2D eigenvalue weighted by molar-refractivity contribution is 6.07. The van der Waals surface area contributed by atoms with Crippen molar-refractivity contribution < 1.29 is 8.78 Å². The van der Waals surface area contributed by atoms with Crippen molar-refractivity contribution in [2.24, 2.45) is 7.05 Å². The first-order chi connectivity index (χ1) is 15.0. The molecule has 6 nitrogen and oxygen atoms in total. The Hall–Kier alpha value is -3.10. The first kappa shape index (κ1) is 19.8. The maximum atomic E-state index is 14.9. The van der Waals surface area contributed by atoms with Crippen LogP contribution in [0.5, 0.6) is 0 Å². The van der Waals surface area contributed by atoms with Crippen LogP contribution in [-0.4, -0.2) is 45.4 Å². The van der Waals surface area contributed by atoms with Crippen LogP contribution in [-0.2, 0) is 20.1 Å². The van der Waals surface area contributed by atoms with E-state index in [-0.39, 0.29) is 23.7 Å². The van der Waals surface area contributed by atoms with Gasteiger partial charge in [0.15, 0.2) is 0 Å². The highest BCUT2D eigenvalue weighted by Crippen LogP contribution is 2.28. The Morgan fingerprint density at radius 1 is 1.00 bits per heavy atom. The minimum atomic E-state index is -0.382. The molecule has 0 bridgehead atoms. The molecule has 0 atom stereocenters. The zero-order chi connectivity index (χ0) is 21.5. The summed E-state index contributed by atoms with van der Waals surface area (Å²) >= 11 is 0. The largest absolute Gasteiger partial charge is 0.339 e. The normalized spacial score (nSPS) is 15.2. The van der Waals surface area contributed by atoms with Gasteiger partial charge in [0.2, 0.25) is 0 Å². The van der Waals surface area contributed by atoms with E-state index in [2.05, 4.69) is 15.3 Å². The number of nitrogens with one attached hydrogen (secondary N) is 1. The van der Waals surface area contributed by atoms with Gasteiger partial charge in [0.25, 0.3) is 5.56 Å². The van der Waals surface area contributed by atoms with Gasteiger partial charge in [-0.05, 0) is 18.2 Å². The SMILES string of the molecule is Cn1c2cc(CN3CCNCC3)c(F)cc2c2cnn(Cc3ccccc3F)c(=O)c21. The van der Waals surface area contributed by atoms with Crippen LogP contribution in [0.2, 0.25) is 0 Å². The Bertz CT molecular complexity index is 1340. The van der Waals surface area contributed by atoms with Crippen LogP contribution in [0.15, 0.2) is 47.4 Å². The van der Waals surface area contributed by atoms with Crippen molar-refractivity contribution in [3.05, 3.63) is 75.7 Å². The first-order valence-corrected chi connectivity index (χ1v) is 10.4. The summed E-state index contributed by atoms with van der Waals surface area (Å²) in [5, 5.41) is 8.79. The molecule has 1 saturated heterocycles. The third-order valence-corrected chi connectivity index (χ3v) is 6.05. The Kier molecular flexibility index (Phi) is 5.03. The molecule has 1 fully saturated rings. The summed E-state index contributed by atoms with van der Waals surface area (Å²) < 4.78 is 32.0. The number of nitrogens with zero attached hydrogens (tertiary/aromatic N) is 4. The molecule has 5 rings (SSSR count). The summed E-state index contributed by atoms with van der Waals surface area (Å²) in [6.07, 6.45) is 1.56. The van der Waals surface area contributed by atoms with Crippen LogP contribution in [0.25, 0.3) is 21.8 Å². The third-order valence-electron chi connectivity index (χ3n) is 6.05. The molecule has 1 aliphatic heterocycles. The van der Waals surface area contributed by atoms with E-state index in [0.29, 0.717) is 34.0 Å². The van der Waals surface area contributed by atoms with E-state index in [1.54, 1.807) is 36.0 Å². The zero-order valence-corrected chi connectivity index (χ0v) is 17.2. The van der Waals surface area contributed by atoms with Crippen LogP contribution >= 0.6 is 0 Å². The maximum absolute atomic E-state index is 14.9. The van der Waals surface area contributed by atoms with E-state index in [1.807, 2.05) is 6.07 Å². The molecule has 160 valence electrons. The lowest BCUT2D eigenvalue weighted by molar-refractivity contribution is 0.230. The molecule has 1 N–H and O–H groups in total. The highest BCUT2D eigenvalue weighted by atomic mass is 19.1. The molecule has 2 aromatic heterocycles. The molecule has 0 saturated carbocycles. The average Bonchev–Trinajstić information content (AvgIpc) is 3.04. The molecule has 4 aromatic rings. The lowest BCUT2D eigenvalue weighted by Crippen LogP contribution is -2.43. The Balaban J connectivity index is 1.59. The van der Waals surface area contributed by atoms with Gasteiger partial charge in [-0.15, -0.1) is 0 Å². The molecule has 8 heteroatoms. The molecule has 3 heterocycles. The first-order valence-electron chi connectivity index (χ1n) is 10.4. The Morgan fingerprint density at radius 3 is 2.55 bits per heavy atom. The van der Waals surface area contributed by atoms with Crippen LogP contribution in [0.1, 0.15) is 11.1 Å².